The van der Waals surface area contributed by atoms with E-state index in [0.717, 1.165) is 19.3 Å². The van der Waals surface area contributed by atoms with Crippen molar-refractivity contribution in [2.75, 3.05) is 27.1 Å². The summed E-state index contributed by atoms with van der Waals surface area (Å²) in [5.74, 6) is -0.255. The van der Waals surface area contributed by atoms with E-state index in [1.807, 2.05) is 37.3 Å². The third-order valence-corrected chi connectivity index (χ3v) is 7.17. The molecule has 1 amide bonds. The topological polar surface area (TPSA) is 132 Å². The highest BCUT2D eigenvalue weighted by atomic mass is 16.7. The van der Waals surface area contributed by atoms with Crippen molar-refractivity contribution >= 4 is 17.8 Å². The molecule has 1 aliphatic heterocycles. The van der Waals surface area contributed by atoms with Gasteiger partial charge >= 0.3 is 11.9 Å². The molecule has 1 aromatic carbocycles. The Morgan fingerprint density at radius 1 is 1.14 bits per heavy atom. The van der Waals surface area contributed by atoms with Crippen LogP contribution in [0.5, 0.6) is 17.2 Å². The molecule has 2 aromatic rings. The number of hydrogen-bond donors (Lipinski definition) is 1. The number of cyclic esters (lactones) is 1. The molecule has 1 fully saturated rings. The molecule has 11 heteroatoms. The Labute approximate surface area is 253 Å². The van der Waals surface area contributed by atoms with Gasteiger partial charge in [-0.15, -0.1) is 0 Å². The van der Waals surface area contributed by atoms with Crippen LogP contribution in [0.4, 0.5) is 0 Å². The smallest absolute Gasteiger partial charge is 0.334 e. The number of rotatable bonds is 14. The number of ether oxygens (including phenoxy) is 6. The maximum absolute atomic E-state index is 13.4. The minimum atomic E-state index is -0.916. The molecule has 11 nitrogen and oxygen atoms in total. The number of esters is 2. The molecule has 1 saturated heterocycles. The Balaban J connectivity index is 1.75. The predicted molar refractivity (Wildman–Crippen MR) is 158 cm³/mol. The van der Waals surface area contributed by atoms with E-state index in [1.165, 1.54) is 19.4 Å². The molecule has 0 radical (unpaired) electrons. The Morgan fingerprint density at radius 3 is 2.60 bits per heavy atom. The van der Waals surface area contributed by atoms with Gasteiger partial charge in [-0.25, -0.2) is 14.6 Å². The van der Waals surface area contributed by atoms with Crippen molar-refractivity contribution in [1.29, 1.82) is 0 Å². The summed E-state index contributed by atoms with van der Waals surface area (Å²) < 4.78 is 33.3. The fraction of sp³-hybridized carbons (Fsp3) is 0.562. The van der Waals surface area contributed by atoms with Crippen LogP contribution in [0.15, 0.2) is 42.6 Å². The lowest BCUT2D eigenvalue weighted by Crippen LogP contribution is -2.45. The van der Waals surface area contributed by atoms with E-state index in [9.17, 15) is 14.4 Å². The van der Waals surface area contributed by atoms with E-state index in [-0.39, 0.29) is 35.8 Å². The van der Waals surface area contributed by atoms with Gasteiger partial charge in [-0.1, -0.05) is 44.9 Å². The number of aromatic nitrogens is 1. The van der Waals surface area contributed by atoms with Crippen molar-refractivity contribution in [3.63, 3.8) is 0 Å². The van der Waals surface area contributed by atoms with Crippen LogP contribution in [0.2, 0.25) is 0 Å². The molecule has 4 unspecified atom stereocenters. The van der Waals surface area contributed by atoms with E-state index >= 15 is 0 Å². The van der Waals surface area contributed by atoms with Gasteiger partial charge in [-0.05, 0) is 57.1 Å². The zero-order valence-electron chi connectivity index (χ0n) is 25.7. The number of carbonyl (C=O) groups excluding carboxylic acids is 3. The standard InChI is InChI=1S/C32H44N2O9/c1-6-39-19-27(35)40-20-41-30-26(38-5)17-18-33-28(30)31(36)34-25-14-10-11-23(16-15-21(2)3)29(22(4)42-32(25)37)43-24-12-8-7-9-13-24/h7-9,12-13,17-18,21-23,25,29H,6,10-11,14-16,19-20H2,1-5H3,(H,34,36). The molecular weight excluding hydrogens is 556 g/mol. The zero-order chi connectivity index (χ0) is 31.2. The first-order chi connectivity index (χ1) is 20.7. The van der Waals surface area contributed by atoms with Gasteiger partial charge < -0.3 is 33.7 Å². The fourth-order valence-corrected chi connectivity index (χ4v) is 4.92. The van der Waals surface area contributed by atoms with Crippen molar-refractivity contribution in [3.8, 4) is 17.2 Å². The SMILES string of the molecule is CCOCC(=O)OCOc1c(OC)ccnc1C(=O)NC1CCCC(CCC(C)C)C(Oc2ccccc2)C(C)OC1=O. The third-order valence-electron chi connectivity index (χ3n) is 7.17. The predicted octanol–water partition coefficient (Wildman–Crippen LogP) is 4.72. The summed E-state index contributed by atoms with van der Waals surface area (Å²) in [6.45, 7) is 7.61. The number of nitrogens with one attached hydrogen (secondary N) is 1. The molecule has 0 bridgehead atoms. The highest BCUT2D eigenvalue weighted by molar-refractivity contribution is 5.98. The van der Waals surface area contributed by atoms with Crippen LogP contribution < -0.4 is 19.5 Å². The Morgan fingerprint density at radius 2 is 1.91 bits per heavy atom. The quantitative estimate of drug-likeness (QED) is 0.240. The number of amides is 1. The number of benzene rings is 1. The van der Waals surface area contributed by atoms with Crippen LogP contribution in [0.1, 0.15) is 70.3 Å². The summed E-state index contributed by atoms with van der Waals surface area (Å²) >= 11 is 0. The number of pyridine rings is 1. The van der Waals surface area contributed by atoms with Crippen LogP contribution in [0.25, 0.3) is 0 Å². The molecule has 43 heavy (non-hydrogen) atoms. The normalized spacial score (nSPS) is 20.7. The zero-order valence-corrected chi connectivity index (χ0v) is 25.7. The van der Waals surface area contributed by atoms with E-state index in [0.29, 0.717) is 31.1 Å². The average molecular weight is 601 g/mol. The van der Waals surface area contributed by atoms with Crippen LogP contribution in [-0.4, -0.2) is 68.2 Å². The van der Waals surface area contributed by atoms with E-state index in [2.05, 4.69) is 24.1 Å². The van der Waals surface area contributed by atoms with E-state index in [4.69, 9.17) is 28.4 Å². The van der Waals surface area contributed by atoms with Gasteiger partial charge in [-0.3, -0.25) is 4.79 Å². The summed E-state index contributed by atoms with van der Waals surface area (Å²) in [7, 11) is 1.41. The lowest BCUT2D eigenvalue weighted by molar-refractivity contribution is -0.156. The molecule has 0 saturated carbocycles. The van der Waals surface area contributed by atoms with E-state index in [1.54, 1.807) is 6.92 Å². The molecule has 3 rings (SSSR count). The highest BCUT2D eigenvalue weighted by Gasteiger charge is 2.36. The van der Waals surface area contributed by atoms with Crippen molar-refractivity contribution in [1.82, 2.24) is 10.3 Å². The minimum Gasteiger partial charge on any atom is -0.493 e. The molecule has 0 aliphatic carbocycles. The summed E-state index contributed by atoms with van der Waals surface area (Å²) in [4.78, 5) is 42.7. The molecule has 1 aromatic heterocycles. The molecule has 1 N–H and O–H groups in total. The molecule has 2 heterocycles. The van der Waals surface area contributed by atoms with Crippen molar-refractivity contribution in [2.45, 2.75) is 78.0 Å². The van der Waals surface area contributed by atoms with Crippen LogP contribution in [-0.2, 0) is 23.8 Å². The van der Waals surface area contributed by atoms with Gasteiger partial charge in [0.2, 0.25) is 6.79 Å². The van der Waals surface area contributed by atoms with Gasteiger partial charge in [0.1, 0.15) is 30.6 Å². The summed E-state index contributed by atoms with van der Waals surface area (Å²) in [5.41, 5.74) is -0.124. The number of methoxy groups -OCH3 is 1. The maximum Gasteiger partial charge on any atom is 0.334 e. The summed E-state index contributed by atoms with van der Waals surface area (Å²) in [5, 5.41) is 2.77. The first kappa shape index (κ1) is 33.6. The highest BCUT2D eigenvalue weighted by Crippen LogP contribution is 2.32. The second-order valence-corrected chi connectivity index (χ2v) is 10.8. The number of para-hydroxylation sites is 1. The molecule has 0 spiro atoms. The van der Waals surface area contributed by atoms with Gasteiger partial charge in [0.05, 0.1) is 7.11 Å². The Kier molecular flexibility index (Phi) is 13.5. The Hall–Kier alpha value is -3.86. The van der Waals surface area contributed by atoms with Crippen molar-refractivity contribution in [3.05, 3.63) is 48.3 Å². The molecular formula is C32H44N2O9. The van der Waals surface area contributed by atoms with Gasteiger partial charge in [-0.2, -0.15) is 0 Å². The van der Waals surface area contributed by atoms with Crippen LogP contribution in [0.3, 0.4) is 0 Å². The summed E-state index contributed by atoms with van der Waals surface area (Å²) in [6.07, 6.45) is 4.29. The van der Waals surface area contributed by atoms with Crippen molar-refractivity contribution < 1.29 is 42.8 Å². The lowest BCUT2D eigenvalue weighted by atomic mass is 9.86. The summed E-state index contributed by atoms with van der Waals surface area (Å²) in [6, 6.07) is 10.1. The van der Waals surface area contributed by atoms with Gasteiger partial charge in [0.25, 0.3) is 5.91 Å². The minimum absolute atomic E-state index is 0.0263. The van der Waals surface area contributed by atoms with Gasteiger partial charge in [0.15, 0.2) is 17.2 Å². The maximum atomic E-state index is 13.4. The molecule has 4 atom stereocenters. The van der Waals surface area contributed by atoms with Crippen LogP contribution >= 0.6 is 0 Å². The van der Waals surface area contributed by atoms with E-state index < -0.39 is 36.8 Å². The Bertz CT molecular complexity index is 1170. The second-order valence-electron chi connectivity index (χ2n) is 10.8. The third kappa shape index (κ3) is 10.4. The van der Waals surface area contributed by atoms with Crippen LogP contribution in [0, 0.1) is 11.8 Å². The lowest BCUT2D eigenvalue weighted by Gasteiger charge is -2.32. The van der Waals surface area contributed by atoms with Crippen molar-refractivity contribution in [2.24, 2.45) is 11.8 Å². The first-order valence-corrected chi connectivity index (χ1v) is 14.9. The first-order valence-electron chi connectivity index (χ1n) is 14.9. The largest absolute Gasteiger partial charge is 0.493 e. The fourth-order valence-electron chi connectivity index (χ4n) is 4.92. The van der Waals surface area contributed by atoms with Gasteiger partial charge in [0, 0.05) is 18.9 Å². The number of carbonyl (C=O) groups is 3. The number of hydrogen-bond acceptors (Lipinski definition) is 10. The average Bonchev–Trinajstić information content (AvgIpc) is 3.04. The second kappa shape index (κ2) is 17.3. The number of nitrogens with zero attached hydrogens (tertiary/aromatic N) is 1. The monoisotopic (exact) mass is 600 g/mol. The molecule has 236 valence electrons. The molecule has 1 aliphatic rings.